The Morgan fingerprint density at radius 3 is 2.59 bits per heavy atom. The van der Waals surface area contributed by atoms with E-state index in [4.69, 9.17) is 0 Å². The van der Waals surface area contributed by atoms with Gasteiger partial charge in [0.1, 0.15) is 5.03 Å². The van der Waals surface area contributed by atoms with Gasteiger partial charge in [-0.3, -0.25) is 14.5 Å². The van der Waals surface area contributed by atoms with Crippen LogP contribution in [0, 0.1) is 18.3 Å². The van der Waals surface area contributed by atoms with Crippen molar-refractivity contribution in [3.8, 4) is 6.07 Å². The standard InChI is InChI=1S/C32H35F2N7O2S/c1-21-18-36-30(39-29(21)44-22(2)37-27(42)19-41-14-12-32(33,34)13-15-41)40(5)26-11-7-10-25(17-26)38-28(43)23-8-6-9-24(16-23)31(3,4)20-35/h6-11,16-18H,2,12-15,19H2,1,3-5H3,(H,37,42)(H,38,43). The molecule has 1 aliphatic heterocycles. The van der Waals surface area contributed by atoms with E-state index in [2.05, 4.69) is 33.2 Å². The van der Waals surface area contributed by atoms with Crippen LogP contribution in [0.15, 0.2) is 71.4 Å². The first-order chi connectivity index (χ1) is 20.8. The van der Waals surface area contributed by atoms with Crippen LogP contribution in [-0.4, -0.2) is 59.3 Å². The number of benzene rings is 2. The number of hydrogen-bond acceptors (Lipinski definition) is 8. The third kappa shape index (κ3) is 8.39. The maximum atomic E-state index is 13.4. The van der Waals surface area contributed by atoms with Crippen molar-refractivity contribution in [2.45, 2.75) is 50.0 Å². The highest BCUT2D eigenvalue weighted by atomic mass is 32.2. The van der Waals surface area contributed by atoms with E-state index in [-0.39, 0.29) is 44.3 Å². The van der Waals surface area contributed by atoms with E-state index in [9.17, 15) is 23.6 Å². The van der Waals surface area contributed by atoms with Gasteiger partial charge in [-0.25, -0.2) is 18.7 Å². The number of alkyl halides is 2. The molecule has 0 radical (unpaired) electrons. The molecule has 3 aromatic rings. The summed E-state index contributed by atoms with van der Waals surface area (Å²) in [7, 11) is 1.80. The molecule has 1 fully saturated rings. The molecule has 2 aromatic carbocycles. The number of aromatic nitrogens is 2. The molecule has 4 rings (SSSR count). The monoisotopic (exact) mass is 619 g/mol. The Kier molecular flexibility index (Phi) is 10.0. The maximum Gasteiger partial charge on any atom is 0.255 e. The third-order valence-electron chi connectivity index (χ3n) is 7.28. The first-order valence-electron chi connectivity index (χ1n) is 14.0. The number of nitriles is 1. The third-order valence-corrected chi connectivity index (χ3v) is 8.24. The number of halogens is 2. The summed E-state index contributed by atoms with van der Waals surface area (Å²) in [5.74, 6) is -2.90. The van der Waals surface area contributed by atoms with Gasteiger partial charge in [-0.1, -0.05) is 36.5 Å². The lowest BCUT2D eigenvalue weighted by Crippen LogP contribution is -2.44. The molecule has 9 nitrogen and oxygen atoms in total. The molecule has 44 heavy (non-hydrogen) atoms. The molecule has 0 saturated carbocycles. The number of thioether (sulfide) groups is 1. The van der Waals surface area contributed by atoms with Crippen molar-refractivity contribution in [3.05, 3.63) is 83.0 Å². The molecule has 2 amide bonds. The molecule has 0 unspecified atom stereocenters. The lowest BCUT2D eigenvalue weighted by Gasteiger charge is -2.31. The van der Waals surface area contributed by atoms with Gasteiger partial charge in [0.25, 0.3) is 11.8 Å². The molecule has 2 heterocycles. The lowest BCUT2D eigenvalue weighted by atomic mass is 9.85. The molecule has 0 bridgehead atoms. The highest BCUT2D eigenvalue weighted by Crippen LogP contribution is 2.30. The Hall–Kier alpha value is -4.34. The predicted molar refractivity (Wildman–Crippen MR) is 168 cm³/mol. The Morgan fingerprint density at radius 2 is 1.89 bits per heavy atom. The second-order valence-corrected chi connectivity index (χ2v) is 12.3. The summed E-state index contributed by atoms with van der Waals surface area (Å²) >= 11 is 1.18. The second kappa shape index (κ2) is 13.5. The maximum absolute atomic E-state index is 13.4. The van der Waals surface area contributed by atoms with Crippen LogP contribution >= 0.6 is 11.8 Å². The topological polar surface area (TPSA) is 114 Å². The first-order valence-corrected chi connectivity index (χ1v) is 14.9. The number of hydrogen-bond donors (Lipinski definition) is 2. The molecule has 1 aliphatic rings. The van der Waals surface area contributed by atoms with E-state index in [1.165, 1.54) is 11.8 Å². The van der Waals surface area contributed by atoms with Crippen molar-refractivity contribution >= 4 is 40.9 Å². The Morgan fingerprint density at radius 1 is 1.18 bits per heavy atom. The van der Waals surface area contributed by atoms with Crippen LogP contribution in [0.5, 0.6) is 0 Å². The van der Waals surface area contributed by atoms with Crippen LogP contribution in [-0.2, 0) is 10.2 Å². The highest BCUT2D eigenvalue weighted by molar-refractivity contribution is 8.03. The van der Waals surface area contributed by atoms with Gasteiger partial charge in [0.2, 0.25) is 11.9 Å². The Balaban J connectivity index is 1.40. The predicted octanol–water partition coefficient (Wildman–Crippen LogP) is 6.02. The van der Waals surface area contributed by atoms with Gasteiger partial charge in [-0.2, -0.15) is 5.26 Å². The molecule has 0 aliphatic carbocycles. The van der Waals surface area contributed by atoms with Gasteiger partial charge in [-0.15, -0.1) is 0 Å². The van der Waals surface area contributed by atoms with E-state index in [0.29, 0.717) is 27.3 Å². The van der Waals surface area contributed by atoms with E-state index < -0.39 is 11.3 Å². The zero-order valence-corrected chi connectivity index (χ0v) is 26.0. The van der Waals surface area contributed by atoms with Crippen molar-refractivity contribution in [2.24, 2.45) is 0 Å². The fourth-order valence-electron chi connectivity index (χ4n) is 4.49. The van der Waals surface area contributed by atoms with Crippen LogP contribution in [0.4, 0.5) is 26.1 Å². The molecule has 1 saturated heterocycles. The summed E-state index contributed by atoms with van der Waals surface area (Å²) in [6.07, 6.45) is 1.17. The average molecular weight is 620 g/mol. The van der Waals surface area contributed by atoms with Gasteiger partial charge in [0.15, 0.2) is 0 Å². The summed E-state index contributed by atoms with van der Waals surface area (Å²) < 4.78 is 26.8. The van der Waals surface area contributed by atoms with Gasteiger partial charge < -0.3 is 15.5 Å². The van der Waals surface area contributed by atoms with Gasteiger partial charge in [0, 0.05) is 61.7 Å². The molecular weight excluding hydrogens is 584 g/mol. The van der Waals surface area contributed by atoms with Crippen molar-refractivity contribution in [2.75, 3.05) is 36.9 Å². The smallest absolute Gasteiger partial charge is 0.255 e. The number of aryl methyl sites for hydroxylation is 1. The summed E-state index contributed by atoms with van der Waals surface area (Å²) in [6.45, 7) is 9.73. The number of carbonyl (C=O) groups is 2. The molecular formula is C32H35F2N7O2S. The van der Waals surface area contributed by atoms with Crippen LogP contribution in [0.3, 0.4) is 0 Å². The minimum absolute atomic E-state index is 0.0164. The number of amides is 2. The number of rotatable bonds is 10. The second-order valence-electron chi connectivity index (χ2n) is 11.2. The quantitative estimate of drug-likeness (QED) is 0.209. The summed E-state index contributed by atoms with van der Waals surface area (Å²) in [4.78, 5) is 38.1. The van der Waals surface area contributed by atoms with Gasteiger partial charge >= 0.3 is 0 Å². The largest absolute Gasteiger partial charge is 0.322 e. The molecule has 230 valence electrons. The van der Waals surface area contributed by atoms with Crippen molar-refractivity contribution < 1.29 is 18.4 Å². The molecule has 0 atom stereocenters. The molecule has 2 N–H and O–H groups in total. The fourth-order valence-corrected chi connectivity index (χ4v) is 5.23. The SMILES string of the molecule is C=C(NC(=O)CN1CCC(F)(F)CC1)Sc1nc(N(C)c2cccc(NC(=O)c3cccc(C(C)(C)C#N)c3)c2)ncc1C. The van der Waals surface area contributed by atoms with Crippen molar-refractivity contribution in [1.29, 1.82) is 5.26 Å². The minimum Gasteiger partial charge on any atom is -0.322 e. The average Bonchev–Trinajstić information content (AvgIpc) is 2.99. The van der Waals surface area contributed by atoms with Gasteiger partial charge in [-0.05, 0) is 56.7 Å². The number of carbonyl (C=O) groups excluding carboxylic acids is 2. The number of likely N-dealkylation sites (tertiary alicyclic amines) is 1. The zero-order chi connectivity index (χ0) is 32.1. The molecule has 12 heteroatoms. The van der Waals surface area contributed by atoms with E-state index in [0.717, 1.165) is 16.8 Å². The summed E-state index contributed by atoms with van der Waals surface area (Å²) in [5, 5.41) is 16.1. The summed E-state index contributed by atoms with van der Waals surface area (Å²) in [6, 6.07) is 16.5. The van der Waals surface area contributed by atoms with E-state index >= 15 is 0 Å². The number of nitrogens with one attached hydrogen (secondary N) is 2. The fraction of sp³-hybridized carbons (Fsp3) is 0.344. The van der Waals surface area contributed by atoms with Crippen molar-refractivity contribution in [1.82, 2.24) is 20.2 Å². The highest BCUT2D eigenvalue weighted by Gasteiger charge is 2.34. The normalized spacial score (nSPS) is 14.8. The van der Waals surface area contributed by atoms with E-state index in [1.54, 1.807) is 73.3 Å². The Labute approximate surface area is 260 Å². The minimum atomic E-state index is -2.67. The van der Waals surface area contributed by atoms with Crippen LogP contribution in [0.2, 0.25) is 0 Å². The Bertz CT molecular complexity index is 1600. The van der Waals surface area contributed by atoms with Crippen molar-refractivity contribution in [3.63, 3.8) is 0 Å². The van der Waals surface area contributed by atoms with Gasteiger partial charge in [0.05, 0.1) is 23.1 Å². The number of anilines is 3. The molecule has 0 spiro atoms. The first kappa shape index (κ1) is 32.6. The van der Waals surface area contributed by atoms with Crippen LogP contribution in [0.25, 0.3) is 0 Å². The van der Waals surface area contributed by atoms with Crippen LogP contribution in [0.1, 0.15) is 48.2 Å². The number of nitrogens with zero attached hydrogens (tertiary/aromatic N) is 5. The summed E-state index contributed by atoms with van der Waals surface area (Å²) in [5.41, 5.74) is 2.54. The van der Waals surface area contributed by atoms with Crippen LogP contribution < -0.4 is 15.5 Å². The van der Waals surface area contributed by atoms with E-state index in [1.807, 2.05) is 19.1 Å². The lowest BCUT2D eigenvalue weighted by molar-refractivity contribution is -0.123. The zero-order valence-electron chi connectivity index (χ0n) is 25.2. The molecule has 1 aromatic heterocycles. The number of piperidine rings is 1.